The van der Waals surface area contributed by atoms with Gasteiger partial charge in [-0.2, -0.15) is 0 Å². The number of hydrogen-bond donors (Lipinski definition) is 0. The van der Waals surface area contributed by atoms with Crippen molar-refractivity contribution in [1.82, 2.24) is 0 Å². The lowest BCUT2D eigenvalue weighted by Crippen LogP contribution is -2.41. The first-order valence-corrected chi connectivity index (χ1v) is 17.5. The van der Waals surface area contributed by atoms with Crippen LogP contribution < -0.4 is 0 Å². The normalized spacial score (nSPS) is 14.3. The van der Waals surface area contributed by atoms with Crippen LogP contribution in [0.1, 0.15) is 57.1 Å². The summed E-state index contributed by atoms with van der Waals surface area (Å²) in [4.78, 5) is 0.346. The van der Waals surface area contributed by atoms with Crippen LogP contribution in [0.15, 0.2) is 65.6 Å². The predicted molar refractivity (Wildman–Crippen MR) is 148 cm³/mol. The molecule has 0 spiro atoms. The third-order valence-corrected chi connectivity index (χ3v) is 12.8. The van der Waals surface area contributed by atoms with E-state index in [1.165, 1.54) is 17.4 Å². The molecule has 0 heterocycles. The van der Waals surface area contributed by atoms with Gasteiger partial charge in [0, 0.05) is 24.1 Å². The molecule has 0 aliphatic rings. The minimum atomic E-state index is -3.23. The number of allylic oxidation sites excluding steroid dienone is 1. The molecule has 0 bridgehead atoms. The summed E-state index contributed by atoms with van der Waals surface area (Å²) in [6.07, 6.45) is 6.76. The Morgan fingerprint density at radius 1 is 1.03 bits per heavy atom. The summed E-state index contributed by atoms with van der Waals surface area (Å²) >= 11 is 3.53. The lowest BCUT2D eigenvalue weighted by Gasteiger charge is -2.37. The van der Waals surface area contributed by atoms with Crippen molar-refractivity contribution in [2.24, 2.45) is 0 Å². The SMILES string of the molecule is CC(C)(C)[Si](C)(C)OCC(/C(=C/CCCCBr)c1ccc(S(C)(=O)=O)cc1)c1ccccc1. The summed E-state index contributed by atoms with van der Waals surface area (Å²) < 4.78 is 30.7. The maximum absolute atomic E-state index is 12.0. The molecule has 2 aromatic rings. The first-order valence-electron chi connectivity index (χ1n) is 11.6. The first-order chi connectivity index (χ1) is 15.4. The van der Waals surface area contributed by atoms with Crippen molar-refractivity contribution in [3.05, 3.63) is 71.8 Å². The van der Waals surface area contributed by atoms with Gasteiger partial charge in [0.05, 0.1) is 4.90 Å². The Kier molecular flexibility index (Phi) is 10.2. The molecule has 2 aromatic carbocycles. The highest BCUT2D eigenvalue weighted by molar-refractivity contribution is 9.09. The third kappa shape index (κ3) is 8.20. The highest BCUT2D eigenvalue weighted by Gasteiger charge is 2.38. The average molecular weight is 552 g/mol. The lowest BCUT2D eigenvalue weighted by molar-refractivity contribution is 0.280. The van der Waals surface area contributed by atoms with Gasteiger partial charge >= 0.3 is 0 Å². The zero-order valence-electron chi connectivity index (χ0n) is 20.9. The molecular weight excluding hydrogens is 512 g/mol. The second-order valence-electron chi connectivity index (χ2n) is 10.2. The van der Waals surface area contributed by atoms with Gasteiger partial charge in [-0.15, -0.1) is 0 Å². The number of alkyl halides is 1. The summed E-state index contributed by atoms with van der Waals surface area (Å²) in [6, 6.07) is 17.8. The van der Waals surface area contributed by atoms with Gasteiger partial charge in [0.25, 0.3) is 0 Å². The highest BCUT2D eigenvalue weighted by atomic mass is 79.9. The molecule has 33 heavy (non-hydrogen) atoms. The Morgan fingerprint density at radius 2 is 1.64 bits per heavy atom. The molecule has 2 rings (SSSR count). The Bertz CT molecular complexity index is 1010. The van der Waals surface area contributed by atoms with Gasteiger partial charge in [0.15, 0.2) is 18.2 Å². The maximum atomic E-state index is 12.0. The van der Waals surface area contributed by atoms with Crippen LogP contribution in [0.3, 0.4) is 0 Å². The molecule has 0 aliphatic carbocycles. The fraction of sp³-hybridized carbons (Fsp3) is 0.481. The van der Waals surface area contributed by atoms with Crippen LogP contribution in [0, 0.1) is 0 Å². The molecule has 0 aromatic heterocycles. The minimum absolute atomic E-state index is 0.0772. The summed E-state index contributed by atoms with van der Waals surface area (Å²) in [5, 5.41) is 1.13. The van der Waals surface area contributed by atoms with Crippen molar-refractivity contribution in [3.63, 3.8) is 0 Å². The van der Waals surface area contributed by atoms with E-state index in [2.05, 4.69) is 80.1 Å². The highest BCUT2D eigenvalue weighted by Crippen LogP contribution is 2.40. The van der Waals surface area contributed by atoms with Gasteiger partial charge < -0.3 is 4.43 Å². The molecule has 1 unspecified atom stereocenters. The molecule has 0 fully saturated rings. The Balaban J connectivity index is 2.50. The van der Waals surface area contributed by atoms with Gasteiger partial charge in [-0.25, -0.2) is 8.42 Å². The molecular formula is C27H39BrO3SSi. The summed E-state index contributed by atoms with van der Waals surface area (Å²) in [6.45, 7) is 12.0. The van der Waals surface area contributed by atoms with Crippen molar-refractivity contribution >= 4 is 39.7 Å². The minimum Gasteiger partial charge on any atom is -0.416 e. The molecule has 3 nitrogen and oxygen atoms in total. The van der Waals surface area contributed by atoms with Gasteiger partial charge in [-0.1, -0.05) is 85.2 Å². The molecule has 182 valence electrons. The van der Waals surface area contributed by atoms with Crippen molar-refractivity contribution in [3.8, 4) is 0 Å². The Morgan fingerprint density at radius 3 is 2.15 bits per heavy atom. The van der Waals surface area contributed by atoms with Crippen molar-refractivity contribution in [1.29, 1.82) is 0 Å². The molecule has 0 amide bonds. The second-order valence-corrected chi connectivity index (χ2v) is 17.8. The number of sulfone groups is 1. The van der Waals surface area contributed by atoms with E-state index in [-0.39, 0.29) is 11.0 Å². The fourth-order valence-corrected chi connectivity index (χ4v) is 5.45. The smallest absolute Gasteiger partial charge is 0.192 e. The molecule has 0 aliphatic heterocycles. The zero-order chi connectivity index (χ0) is 24.7. The quantitative estimate of drug-likeness (QED) is 0.162. The predicted octanol–water partition coefficient (Wildman–Crippen LogP) is 7.84. The van der Waals surface area contributed by atoms with Crippen LogP contribution in [0.25, 0.3) is 5.57 Å². The summed E-state index contributed by atoms with van der Waals surface area (Å²) in [7, 11) is -5.17. The van der Waals surface area contributed by atoms with E-state index >= 15 is 0 Å². The molecule has 1 atom stereocenters. The number of halogens is 1. The van der Waals surface area contributed by atoms with E-state index in [0.29, 0.717) is 11.5 Å². The van der Waals surface area contributed by atoms with Crippen molar-refractivity contribution < 1.29 is 12.8 Å². The summed E-state index contributed by atoms with van der Waals surface area (Å²) in [5.41, 5.74) is 3.47. The van der Waals surface area contributed by atoms with Crippen LogP contribution in [-0.2, 0) is 14.3 Å². The maximum Gasteiger partial charge on any atom is 0.192 e. The number of benzene rings is 2. The lowest BCUT2D eigenvalue weighted by atomic mass is 9.86. The van der Waals surface area contributed by atoms with Crippen LogP contribution in [0.4, 0.5) is 0 Å². The van der Waals surface area contributed by atoms with Crippen LogP contribution >= 0.6 is 15.9 Å². The molecule has 6 heteroatoms. The molecule has 0 N–H and O–H groups in total. The standard InChI is InChI=1S/C27H39BrO3SSi/c1-27(2,3)33(5,6)31-21-26(22-13-9-7-10-14-22)25(15-11-8-12-20-28)23-16-18-24(19-17-23)32(4,29)30/h7,9-10,13-19,26H,8,11-12,20-21H2,1-6H3/b25-15+. The molecule has 0 saturated heterocycles. The van der Waals surface area contributed by atoms with E-state index in [1.54, 1.807) is 12.1 Å². The third-order valence-electron chi connectivity index (χ3n) is 6.56. The van der Waals surface area contributed by atoms with E-state index in [9.17, 15) is 8.42 Å². The van der Waals surface area contributed by atoms with Crippen LogP contribution in [0.2, 0.25) is 18.1 Å². The molecule has 0 saturated carbocycles. The van der Waals surface area contributed by atoms with Crippen LogP contribution in [0.5, 0.6) is 0 Å². The van der Waals surface area contributed by atoms with E-state index in [4.69, 9.17) is 4.43 Å². The Hall–Kier alpha value is -1.21. The van der Waals surface area contributed by atoms with E-state index < -0.39 is 18.2 Å². The zero-order valence-corrected chi connectivity index (χ0v) is 24.3. The van der Waals surface area contributed by atoms with E-state index in [0.717, 1.165) is 30.2 Å². The fourth-order valence-electron chi connectivity index (χ4n) is 3.41. The van der Waals surface area contributed by atoms with Crippen LogP contribution in [-0.4, -0.2) is 34.9 Å². The summed E-state index contributed by atoms with van der Waals surface area (Å²) in [5.74, 6) is 0.0772. The monoisotopic (exact) mass is 550 g/mol. The van der Waals surface area contributed by atoms with Gasteiger partial charge in [0.2, 0.25) is 0 Å². The van der Waals surface area contributed by atoms with Gasteiger partial charge in [-0.3, -0.25) is 0 Å². The van der Waals surface area contributed by atoms with Gasteiger partial charge in [0.1, 0.15) is 0 Å². The Labute approximate surface area is 210 Å². The first kappa shape index (κ1) is 28.0. The van der Waals surface area contributed by atoms with Gasteiger partial charge in [-0.05, 0) is 66.2 Å². The largest absolute Gasteiger partial charge is 0.416 e. The number of hydrogen-bond acceptors (Lipinski definition) is 3. The topological polar surface area (TPSA) is 43.4 Å². The van der Waals surface area contributed by atoms with E-state index in [1.807, 2.05) is 18.2 Å². The van der Waals surface area contributed by atoms with Crippen molar-refractivity contribution in [2.75, 3.05) is 18.2 Å². The number of rotatable bonds is 11. The average Bonchev–Trinajstić information content (AvgIpc) is 2.74. The second kappa shape index (κ2) is 12.0. The number of unbranched alkanes of at least 4 members (excludes halogenated alkanes) is 2. The van der Waals surface area contributed by atoms with Crippen molar-refractivity contribution in [2.45, 2.75) is 69.0 Å². The molecule has 0 radical (unpaired) electrons.